The second-order valence-electron chi connectivity index (χ2n) is 4.29. The average molecular weight is 235 g/mol. The van der Waals surface area contributed by atoms with Crippen molar-refractivity contribution in [3.63, 3.8) is 0 Å². The number of anilines is 1. The van der Waals surface area contributed by atoms with Crippen molar-refractivity contribution in [2.45, 2.75) is 19.8 Å². The summed E-state index contributed by atoms with van der Waals surface area (Å²) in [5.74, 6) is 1.59. The van der Waals surface area contributed by atoms with Crippen LogP contribution >= 0.6 is 0 Å². The van der Waals surface area contributed by atoms with Gasteiger partial charge in [0.1, 0.15) is 12.4 Å². The van der Waals surface area contributed by atoms with Crippen molar-refractivity contribution in [3.05, 3.63) is 18.2 Å². The van der Waals surface area contributed by atoms with Crippen LogP contribution in [0, 0.1) is 0 Å². The van der Waals surface area contributed by atoms with Gasteiger partial charge in [-0.15, -0.1) is 0 Å². The highest BCUT2D eigenvalue weighted by Crippen LogP contribution is 2.12. The summed E-state index contributed by atoms with van der Waals surface area (Å²) in [7, 11) is 0. The Labute approximate surface area is 103 Å². The lowest BCUT2D eigenvalue weighted by Crippen LogP contribution is -2.25. The number of hydrogen-bond donors (Lipinski definition) is 1. The molecule has 0 amide bonds. The van der Waals surface area contributed by atoms with Crippen LogP contribution in [0.5, 0.6) is 5.88 Å². The third kappa shape index (κ3) is 3.89. The average Bonchev–Trinajstić information content (AvgIpc) is 2.83. The van der Waals surface area contributed by atoms with E-state index in [9.17, 15) is 0 Å². The molecule has 0 aliphatic carbocycles. The molecule has 1 aromatic heterocycles. The summed E-state index contributed by atoms with van der Waals surface area (Å²) in [6, 6.07) is 5.83. The zero-order valence-corrected chi connectivity index (χ0v) is 10.5. The van der Waals surface area contributed by atoms with Crippen LogP contribution in [-0.2, 0) is 0 Å². The number of ether oxygens (including phenoxy) is 1. The molecular weight excluding hydrogens is 214 g/mol. The number of nitrogens with one attached hydrogen (secondary N) is 1. The van der Waals surface area contributed by atoms with E-state index in [1.807, 2.05) is 18.2 Å². The Balaban J connectivity index is 1.75. The number of rotatable bonds is 6. The number of nitrogens with zero attached hydrogens (tertiary/aromatic N) is 2. The van der Waals surface area contributed by atoms with Gasteiger partial charge in [-0.1, -0.05) is 6.07 Å². The first-order chi connectivity index (χ1) is 8.38. The zero-order chi connectivity index (χ0) is 11.9. The van der Waals surface area contributed by atoms with E-state index in [1.54, 1.807) is 0 Å². The molecule has 1 aliphatic heterocycles. The van der Waals surface area contributed by atoms with Crippen LogP contribution in [0.2, 0.25) is 0 Å². The Hall–Kier alpha value is -1.29. The van der Waals surface area contributed by atoms with Crippen LogP contribution in [0.3, 0.4) is 0 Å². The van der Waals surface area contributed by atoms with Gasteiger partial charge in [0, 0.05) is 19.2 Å². The molecule has 0 aromatic carbocycles. The summed E-state index contributed by atoms with van der Waals surface area (Å²) in [5, 5.41) is 3.18. The van der Waals surface area contributed by atoms with Gasteiger partial charge in [0.15, 0.2) is 0 Å². The van der Waals surface area contributed by atoms with Gasteiger partial charge in [-0.05, 0) is 38.9 Å². The van der Waals surface area contributed by atoms with Gasteiger partial charge < -0.3 is 10.1 Å². The molecule has 1 saturated heterocycles. The van der Waals surface area contributed by atoms with Crippen LogP contribution in [-0.4, -0.2) is 42.7 Å². The molecule has 17 heavy (non-hydrogen) atoms. The molecule has 0 saturated carbocycles. The smallest absolute Gasteiger partial charge is 0.215 e. The lowest BCUT2D eigenvalue weighted by Gasteiger charge is -2.14. The van der Waals surface area contributed by atoms with Gasteiger partial charge >= 0.3 is 0 Å². The fraction of sp³-hybridized carbons (Fsp3) is 0.615. The molecule has 1 N–H and O–H groups in total. The maximum atomic E-state index is 5.66. The molecular formula is C13H21N3O. The summed E-state index contributed by atoms with van der Waals surface area (Å²) in [5.41, 5.74) is 0. The fourth-order valence-electron chi connectivity index (χ4n) is 2.06. The van der Waals surface area contributed by atoms with Gasteiger partial charge in [-0.2, -0.15) is 4.98 Å². The molecule has 2 rings (SSSR count). The lowest BCUT2D eigenvalue weighted by atomic mass is 10.4. The van der Waals surface area contributed by atoms with E-state index in [1.165, 1.54) is 25.9 Å². The molecule has 0 radical (unpaired) electrons. The van der Waals surface area contributed by atoms with E-state index in [2.05, 4.69) is 22.1 Å². The summed E-state index contributed by atoms with van der Waals surface area (Å²) in [4.78, 5) is 6.81. The summed E-state index contributed by atoms with van der Waals surface area (Å²) in [6.07, 6.45) is 2.66. The van der Waals surface area contributed by atoms with Crippen LogP contribution in [0.15, 0.2) is 18.2 Å². The van der Waals surface area contributed by atoms with Gasteiger partial charge in [0.2, 0.25) is 5.88 Å². The molecule has 94 valence electrons. The van der Waals surface area contributed by atoms with Crippen LogP contribution in [0.4, 0.5) is 5.82 Å². The SMILES string of the molecule is CCNc1cccc(OCCN2CCCC2)n1. The van der Waals surface area contributed by atoms with Gasteiger partial charge in [0.25, 0.3) is 0 Å². The number of likely N-dealkylation sites (tertiary alicyclic amines) is 1. The van der Waals surface area contributed by atoms with Gasteiger partial charge in [-0.25, -0.2) is 0 Å². The largest absolute Gasteiger partial charge is 0.476 e. The number of aromatic nitrogens is 1. The van der Waals surface area contributed by atoms with E-state index < -0.39 is 0 Å². The zero-order valence-electron chi connectivity index (χ0n) is 10.5. The molecule has 4 nitrogen and oxygen atoms in total. The maximum Gasteiger partial charge on any atom is 0.215 e. The number of pyridine rings is 1. The standard InChI is InChI=1S/C13H21N3O/c1-2-14-12-6-5-7-13(15-12)17-11-10-16-8-3-4-9-16/h5-7H,2-4,8-11H2,1H3,(H,14,15). The maximum absolute atomic E-state index is 5.66. The highest BCUT2D eigenvalue weighted by atomic mass is 16.5. The summed E-state index contributed by atoms with van der Waals surface area (Å²) >= 11 is 0. The molecule has 2 heterocycles. The van der Waals surface area contributed by atoms with Crippen molar-refractivity contribution in [3.8, 4) is 5.88 Å². The Morgan fingerprint density at radius 1 is 1.35 bits per heavy atom. The van der Waals surface area contributed by atoms with E-state index in [4.69, 9.17) is 4.74 Å². The second kappa shape index (κ2) is 6.45. The van der Waals surface area contributed by atoms with E-state index in [0.29, 0.717) is 5.88 Å². The predicted molar refractivity (Wildman–Crippen MR) is 69.6 cm³/mol. The van der Waals surface area contributed by atoms with E-state index in [-0.39, 0.29) is 0 Å². The van der Waals surface area contributed by atoms with Crippen molar-refractivity contribution in [1.29, 1.82) is 0 Å². The Morgan fingerprint density at radius 2 is 2.18 bits per heavy atom. The fourth-order valence-corrected chi connectivity index (χ4v) is 2.06. The first-order valence-electron chi connectivity index (χ1n) is 6.44. The highest BCUT2D eigenvalue weighted by molar-refractivity contribution is 5.36. The number of hydrogen-bond acceptors (Lipinski definition) is 4. The van der Waals surface area contributed by atoms with Crippen molar-refractivity contribution < 1.29 is 4.74 Å². The van der Waals surface area contributed by atoms with Crippen molar-refractivity contribution in [2.24, 2.45) is 0 Å². The topological polar surface area (TPSA) is 37.4 Å². The minimum absolute atomic E-state index is 0.711. The molecule has 4 heteroatoms. The normalized spacial score (nSPS) is 16.1. The molecule has 0 spiro atoms. The van der Waals surface area contributed by atoms with Crippen LogP contribution in [0.1, 0.15) is 19.8 Å². The van der Waals surface area contributed by atoms with Crippen molar-refractivity contribution in [1.82, 2.24) is 9.88 Å². The van der Waals surface area contributed by atoms with Crippen molar-refractivity contribution >= 4 is 5.82 Å². The van der Waals surface area contributed by atoms with Gasteiger partial charge in [-0.3, -0.25) is 4.90 Å². The molecule has 1 fully saturated rings. The van der Waals surface area contributed by atoms with Crippen LogP contribution in [0.25, 0.3) is 0 Å². The molecule has 1 aromatic rings. The van der Waals surface area contributed by atoms with Gasteiger partial charge in [0.05, 0.1) is 0 Å². The Bertz CT molecular complexity index is 337. The molecule has 0 unspecified atom stereocenters. The third-order valence-electron chi connectivity index (χ3n) is 2.94. The van der Waals surface area contributed by atoms with E-state index >= 15 is 0 Å². The summed E-state index contributed by atoms with van der Waals surface area (Å²) < 4.78 is 5.66. The first kappa shape index (κ1) is 12.2. The quantitative estimate of drug-likeness (QED) is 0.818. The molecule has 0 atom stereocenters. The highest BCUT2D eigenvalue weighted by Gasteiger charge is 2.10. The first-order valence-corrected chi connectivity index (χ1v) is 6.44. The second-order valence-corrected chi connectivity index (χ2v) is 4.29. The van der Waals surface area contributed by atoms with Crippen LogP contribution < -0.4 is 10.1 Å². The van der Waals surface area contributed by atoms with E-state index in [0.717, 1.165) is 25.5 Å². The van der Waals surface area contributed by atoms with Crippen molar-refractivity contribution in [2.75, 3.05) is 38.1 Å². The minimum atomic E-state index is 0.711. The summed E-state index contributed by atoms with van der Waals surface area (Å²) in [6.45, 7) is 7.10. The molecule has 1 aliphatic rings. The lowest BCUT2D eigenvalue weighted by molar-refractivity contribution is 0.232. The third-order valence-corrected chi connectivity index (χ3v) is 2.94. The monoisotopic (exact) mass is 235 g/mol. The minimum Gasteiger partial charge on any atom is -0.476 e. The molecule has 0 bridgehead atoms. The Kier molecular flexibility index (Phi) is 4.62. The Morgan fingerprint density at radius 3 is 2.94 bits per heavy atom. The predicted octanol–water partition coefficient (Wildman–Crippen LogP) is 1.99.